The van der Waals surface area contributed by atoms with Gasteiger partial charge in [-0.15, -0.1) is 11.8 Å². The molecule has 0 N–H and O–H groups in total. The lowest BCUT2D eigenvalue weighted by Crippen LogP contribution is -1.99. The number of hydrogen-bond donors (Lipinski definition) is 0. The molecule has 1 unspecified atom stereocenters. The maximum Gasteiger partial charge on any atom is 0.0198 e. The minimum absolute atomic E-state index is 1.00. The Morgan fingerprint density at radius 1 is 0.533 bits per heavy atom. The van der Waals surface area contributed by atoms with Crippen LogP contribution in [0.15, 0.2) is 0 Å². The van der Waals surface area contributed by atoms with Crippen molar-refractivity contribution in [3.05, 3.63) is 13.8 Å². The smallest absolute Gasteiger partial charge is 0.0198 e. The van der Waals surface area contributed by atoms with Gasteiger partial charge >= 0.3 is 0 Å². The first-order valence-electron chi connectivity index (χ1n) is 13.9. The Kier molecular flexibility index (Phi) is 26.2. The molecule has 30 heavy (non-hydrogen) atoms. The lowest BCUT2D eigenvalue weighted by molar-refractivity contribution is 0.392. The van der Waals surface area contributed by atoms with E-state index in [4.69, 9.17) is 0 Å². The van der Waals surface area contributed by atoms with Crippen LogP contribution in [-0.2, 0) is 0 Å². The van der Waals surface area contributed by atoms with E-state index in [0.29, 0.717) is 0 Å². The van der Waals surface area contributed by atoms with Crippen molar-refractivity contribution in [2.45, 2.75) is 161 Å². The van der Waals surface area contributed by atoms with Crippen molar-refractivity contribution in [2.75, 3.05) is 0 Å². The SMILES string of the molecule is [CH2]C#CCCCCCCCCCCCCCC(CC)CCCCCCCCCC[CH2]. The summed E-state index contributed by atoms with van der Waals surface area (Å²) in [4.78, 5) is 0. The van der Waals surface area contributed by atoms with E-state index < -0.39 is 0 Å². The maximum atomic E-state index is 3.93. The summed E-state index contributed by atoms with van der Waals surface area (Å²) in [5, 5.41) is 0. The molecule has 0 amide bonds. The first-order valence-corrected chi connectivity index (χ1v) is 13.9. The maximum absolute atomic E-state index is 3.93. The molecule has 0 saturated heterocycles. The van der Waals surface area contributed by atoms with Gasteiger partial charge in [-0.05, 0) is 12.3 Å². The predicted octanol–water partition coefficient (Wildman–Crippen LogP) is 10.7. The third-order valence-electron chi connectivity index (χ3n) is 6.73. The number of rotatable bonds is 24. The summed E-state index contributed by atoms with van der Waals surface area (Å²) in [5.74, 6) is 6.79. The molecule has 0 nitrogen and oxygen atoms in total. The van der Waals surface area contributed by atoms with E-state index in [2.05, 4.69) is 32.6 Å². The summed E-state index contributed by atoms with van der Waals surface area (Å²) in [7, 11) is 0. The normalized spacial score (nSPS) is 12.0. The standard InChI is InChI=1S/C30H56/c1-4-7-9-11-13-15-16-17-18-19-21-23-25-27-29-30(6-3)28-26-24-22-20-14-12-10-8-5-2/h30H,1-2,5-6,8-29H2,3H3. The fourth-order valence-corrected chi connectivity index (χ4v) is 4.55. The zero-order chi connectivity index (χ0) is 22.0. The van der Waals surface area contributed by atoms with E-state index in [0.717, 1.165) is 18.8 Å². The van der Waals surface area contributed by atoms with Crippen LogP contribution in [0, 0.1) is 31.6 Å². The van der Waals surface area contributed by atoms with E-state index in [9.17, 15) is 0 Å². The van der Waals surface area contributed by atoms with E-state index in [-0.39, 0.29) is 0 Å². The van der Waals surface area contributed by atoms with Gasteiger partial charge < -0.3 is 0 Å². The van der Waals surface area contributed by atoms with Gasteiger partial charge in [-0.25, -0.2) is 0 Å². The zero-order valence-electron chi connectivity index (χ0n) is 21.0. The molecule has 0 aromatic rings. The topological polar surface area (TPSA) is 0 Å². The van der Waals surface area contributed by atoms with Crippen molar-refractivity contribution in [3.63, 3.8) is 0 Å². The number of hydrogen-bond acceptors (Lipinski definition) is 0. The number of unbranched alkanes of at least 4 members (excludes halogenated alkanes) is 19. The highest BCUT2D eigenvalue weighted by molar-refractivity contribution is 5.00. The first kappa shape index (κ1) is 29.6. The van der Waals surface area contributed by atoms with Gasteiger partial charge in [0.05, 0.1) is 0 Å². The van der Waals surface area contributed by atoms with Gasteiger partial charge in [0.15, 0.2) is 0 Å². The summed E-state index contributed by atoms with van der Waals surface area (Å²) in [5.41, 5.74) is 0. The van der Waals surface area contributed by atoms with Crippen molar-refractivity contribution < 1.29 is 0 Å². The van der Waals surface area contributed by atoms with Gasteiger partial charge in [0.1, 0.15) is 0 Å². The average molecular weight is 417 g/mol. The molecule has 0 aliphatic carbocycles. The van der Waals surface area contributed by atoms with Crippen LogP contribution in [0.3, 0.4) is 0 Å². The minimum atomic E-state index is 1.00. The van der Waals surface area contributed by atoms with E-state index in [1.807, 2.05) is 0 Å². The summed E-state index contributed by atoms with van der Waals surface area (Å²) < 4.78 is 0. The second-order valence-corrected chi connectivity index (χ2v) is 9.53. The molecule has 0 fully saturated rings. The summed E-state index contributed by atoms with van der Waals surface area (Å²) in [6, 6.07) is 0. The monoisotopic (exact) mass is 416 g/mol. The third-order valence-corrected chi connectivity index (χ3v) is 6.73. The molecular formula is C30H56. The van der Waals surface area contributed by atoms with Crippen molar-refractivity contribution in [1.29, 1.82) is 0 Å². The Bertz CT molecular complexity index is 358. The molecule has 0 heterocycles. The molecule has 0 heteroatoms. The Balaban J connectivity index is 3.27. The Labute approximate surface area is 192 Å². The fourth-order valence-electron chi connectivity index (χ4n) is 4.55. The molecule has 0 aliphatic rings. The molecule has 0 bridgehead atoms. The van der Waals surface area contributed by atoms with Crippen LogP contribution in [0.2, 0.25) is 0 Å². The second kappa shape index (κ2) is 26.6. The van der Waals surface area contributed by atoms with Gasteiger partial charge in [-0.1, -0.05) is 155 Å². The highest BCUT2D eigenvalue weighted by atomic mass is 14.1. The summed E-state index contributed by atoms with van der Waals surface area (Å²) in [6.07, 6.45) is 33.6. The largest absolute Gasteiger partial charge is 0.103 e. The highest BCUT2D eigenvalue weighted by Gasteiger charge is 2.06. The molecule has 0 aliphatic heterocycles. The lowest BCUT2D eigenvalue weighted by atomic mass is 9.92. The van der Waals surface area contributed by atoms with Crippen LogP contribution in [0.25, 0.3) is 0 Å². The summed E-state index contributed by atoms with van der Waals surface area (Å²) >= 11 is 0. The van der Waals surface area contributed by atoms with Crippen LogP contribution in [-0.4, -0.2) is 0 Å². The van der Waals surface area contributed by atoms with Crippen molar-refractivity contribution in [1.82, 2.24) is 0 Å². The second-order valence-electron chi connectivity index (χ2n) is 9.53. The van der Waals surface area contributed by atoms with Gasteiger partial charge in [0.2, 0.25) is 0 Å². The minimum Gasteiger partial charge on any atom is -0.103 e. The first-order chi connectivity index (χ1) is 14.8. The molecular weight excluding hydrogens is 360 g/mol. The predicted molar refractivity (Wildman–Crippen MR) is 138 cm³/mol. The Morgan fingerprint density at radius 3 is 1.27 bits per heavy atom. The molecule has 0 rings (SSSR count). The lowest BCUT2D eigenvalue weighted by Gasteiger charge is -2.14. The summed E-state index contributed by atoms with van der Waals surface area (Å²) in [6.45, 7) is 9.89. The van der Waals surface area contributed by atoms with Crippen LogP contribution in [0.5, 0.6) is 0 Å². The fraction of sp³-hybridized carbons (Fsp3) is 0.867. The van der Waals surface area contributed by atoms with Gasteiger partial charge in [-0.2, -0.15) is 0 Å². The van der Waals surface area contributed by atoms with Crippen LogP contribution >= 0.6 is 0 Å². The van der Waals surface area contributed by atoms with Gasteiger partial charge in [0, 0.05) is 13.3 Å². The molecule has 2 radical (unpaired) electrons. The van der Waals surface area contributed by atoms with Crippen molar-refractivity contribution >= 4 is 0 Å². The Morgan fingerprint density at radius 2 is 0.900 bits per heavy atom. The quantitative estimate of drug-likeness (QED) is 0.108. The van der Waals surface area contributed by atoms with Crippen LogP contribution in [0.4, 0.5) is 0 Å². The average Bonchev–Trinajstić information content (AvgIpc) is 2.76. The molecule has 176 valence electrons. The molecule has 0 aromatic heterocycles. The van der Waals surface area contributed by atoms with E-state index >= 15 is 0 Å². The van der Waals surface area contributed by atoms with Crippen molar-refractivity contribution in [3.8, 4) is 11.8 Å². The molecule has 1 atom stereocenters. The Hall–Kier alpha value is -0.440. The highest BCUT2D eigenvalue weighted by Crippen LogP contribution is 2.22. The van der Waals surface area contributed by atoms with Crippen LogP contribution in [0.1, 0.15) is 161 Å². The van der Waals surface area contributed by atoms with Gasteiger partial charge in [-0.3, -0.25) is 0 Å². The molecule has 0 aromatic carbocycles. The van der Waals surface area contributed by atoms with E-state index in [1.54, 1.807) is 0 Å². The molecule has 0 spiro atoms. The van der Waals surface area contributed by atoms with Crippen LogP contribution < -0.4 is 0 Å². The zero-order valence-corrected chi connectivity index (χ0v) is 21.0. The third kappa shape index (κ3) is 23.8. The molecule has 0 saturated carbocycles. The van der Waals surface area contributed by atoms with Crippen molar-refractivity contribution in [2.24, 2.45) is 5.92 Å². The van der Waals surface area contributed by atoms with Gasteiger partial charge in [0.25, 0.3) is 0 Å². The van der Waals surface area contributed by atoms with E-state index in [1.165, 1.54) is 141 Å².